The average molecular weight is 221 g/mol. The first kappa shape index (κ1) is 11.4. The molecule has 1 aliphatic rings. The van der Waals surface area contributed by atoms with Crippen molar-refractivity contribution in [3.8, 4) is 5.75 Å². The first-order chi connectivity index (χ1) is 7.79. The smallest absolute Gasteiger partial charge is 0.119 e. The largest absolute Gasteiger partial charge is 0.494 e. The number of rotatable bonds is 3. The van der Waals surface area contributed by atoms with E-state index in [2.05, 4.69) is 24.4 Å². The Balaban J connectivity index is 1.98. The fraction of sp³-hybridized carbons (Fsp3) is 0.538. The van der Waals surface area contributed by atoms with Gasteiger partial charge in [-0.3, -0.25) is 0 Å². The summed E-state index contributed by atoms with van der Waals surface area (Å²) in [5, 5.41) is 3.41. The van der Waals surface area contributed by atoms with Gasteiger partial charge < -0.3 is 14.8 Å². The molecule has 0 aliphatic carbocycles. The molecule has 2 unspecified atom stereocenters. The molecule has 2 atom stereocenters. The summed E-state index contributed by atoms with van der Waals surface area (Å²) >= 11 is 0. The topological polar surface area (TPSA) is 30.5 Å². The number of nitrogens with one attached hydrogen (secondary N) is 1. The number of ether oxygens (including phenoxy) is 2. The van der Waals surface area contributed by atoms with Crippen LogP contribution in [0.5, 0.6) is 5.75 Å². The van der Waals surface area contributed by atoms with Crippen LogP contribution in [0, 0.1) is 0 Å². The predicted molar refractivity (Wildman–Crippen MR) is 63.8 cm³/mol. The molecule has 88 valence electrons. The molecule has 1 heterocycles. The van der Waals surface area contributed by atoms with Gasteiger partial charge in [0.15, 0.2) is 0 Å². The number of hydrogen-bond donors (Lipinski definition) is 1. The van der Waals surface area contributed by atoms with E-state index in [9.17, 15) is 0 Å². The monoisotopic (exact) mass is 221 g/mol. The van der Waals surface area contributed by atoms with Gasteiger partial charge >= 0.3 is 0 Å². The molecule has 1 aromatic rings. The molecule has 1 N–H and O–H groups in total. The van der Waals surface area contributed by atoms with Crippen molar-refractivity contribution >= 4 is 0 Å². The van der Waals surface area contributed by atoms with Crippen LogP contribution >= 0.6 is 0 Å². The molecule has 0 aromatic heterocycles. The molecule has 1 aromatic carbocycles. The van der Waals surface area contributed by atoms with Gasteiger partial charge in [-0.1, -0.05) is 12.1 Å². The highest BCUT2D eigenvalue weighted by Crippen LogP contribution is 2.22. The summed E-state index contributed by atoms with van der Waals surface area (Å²) in [6.45, 7) is 6.49. The highest BCUT2D eigenvalue weighted by atomic mass is 16.5. The zero-order valence-corrected chi connectivity index (χ0v) is 9.90. The van der Waals surface area contributed by atoms with Gasteiger partial charge in [-0.25, -0.2) is 0 Å². The van der Waals surface area contributed by atoms with Crippen molar-refractivity contribution in [1.29, 1.82) is 0 Å². The van der Waals surface area contributed by atoms with Crippen molar-refractivity contribution in [3.63, 3.8) is 0 Å². The van der Waals surface area contributed by atoms with Gasteiger partial charge in [0.25, 0.3) is 0 Å². The van der Waals surface area contributed by atoms with E-state index >= 15 is 0 Å². The van der Waals surface area contributed by atoms with Gasteiger partial charge in [0.2, 0.25) is 0 Å². The van der Waals surface area contributed by atoms with Crippen molar-refractivity contribution in [3.05, 3.63) is 29.8 Å². The average Bonchev–Trinajstić information content (AvgIpc) is 2.32. The van der Waals surface area contributed by atoms with Crippen LogP contribution in [0.4, 0.5) is 0 Å². The minimum absolute atomic E-state index is 0.173. The van der Waals surface area contributed by atoms with E-state index in [1.54, 1.807) is 0 Å². The summed E-state index contributed by atoms with van der Waals surface area (Å²) in [7, 11) is 0. The molecule has 0 spiro atoms. The van der Waals surface area contributed by atoms with Crippen LogP contribution in [-0.4, -0.2) is 25.8 Å². The molecule has 1 saturated heterocycles. The Morgan fingerprint density at radius 3 is 2.69 bits per heavy atom. The predicted octanol–water partition coefficient (Wildman–Crippen LogP) is 2.13. The van der Waals surface area contributed by atoms with E-state index in [-0.39, 0.29) is 6.10 Å². The number of morpholine rings is 1. The molecule has 2 rings (SSSR count). The van der Waals surface area contributed by atoms with E-state index < -0.39 is 0 Å². The quantitative estimate of drug-likeness (QED) is 0.848. The van der Waals surface area contributed by atoms with E-state index in [0.29, 0.717) is 12.6 Å². The van der Waals surface area contributed by atoms with Gasteiger partial charge in [-0.15, -0.1) is 0 Å². The number of hydrogen-bond acceptors (Lipinski definition) is 3. The SMILES string of the molecule is CCOc1ccc(C2CNC(C)CO2)cc1. The maximum Gasteiger partial charge on any atom is 0.119 e. The second-order valence-electron chi connectivity index (χ2n) is 4.13. The maximum absolute atomic E-state index is 5.77. The van der Waals surface area contributed by atoms with Crippen molar-refractivity contribution in [2.24, 2.45) is 0 Å². The second-order valence-corrected chi connectivity index (χ2v) is 4.13. The Hall–Kier alpha value is -1.06. The molecule has 16 heavy (non-hydrogen) atoms. The first-order valence-electron chi connectivity index (χ1n) is 5.87. The van der Waals surface area contributed by atoms with Crippen molar-refractivity contribution in [2.75, 3.05) is 19.8 Å². The van der Waals surface area contributed by atoms with Crippen molar-refractivity contribution in [1.82, 2.24) is 5.32 Å². The van der Waals surface area contributed by atoms with E-state index in [1.165, 1.54) is 5.56 Å². The lowest BCUT2D eigenvalue weighted by molar-refractivity contribution is 0.00693. The maximum atomic E-state index is 5.77. The summed E-state index contributed by atoms with van der Waals surface area (Å²) in [6, 6.07) is 8.61. The zero-order valence-electron chi connectivity index (χ0n) is 9.90. The molecular formula is C13H19NO2. The third kappa shape index (κ3) is 2.74. The molecule has 0 bridgehead atoms. The molecule has 3 heteroatoms. The van der Waals surface area contributed by atoms with Crippen LogP contribution in [-0.2, 0) is 4.74 Å². The van der Waals surface area contributed by atoms with Gasteiger partial charge in [0, 0.05) is 12.6 Å². The Bertz CT molecular complexity index is 315. The highest BCUT2D eigenvalue weighted by molar-refractivity contribution is 5.29. The Morgan fingerprint density at radius 1 is 1.38 bits per heavy atom. The van der Waals surface area contributed by atoms with Crippen LogP contribution in [0.15, 0.2) is 24.3 Å². The summed E-state index contributed by atoms with van der Waals surface area (Å²) in [5.74, 6) is 0.920. The molecular weight excluding hydrogens is 202 g/mol. The zero-order chi connectivity index (χ0) is 11.4. The van der Waals surface area contributed by atoms with Crippen LogP contribution in [0.2, 0.25) is 0 Å². The lowest BCUT2D eigenvalue weighted by Gasteiger charge is -2.28. The van der Waals surface area contributed by atoms with Gasteiger partial charge in [0.05, 0.1) is 19.3 Å². The normalized spacial score (nSPS) is 25.4. The lowest BCUT2D eigenvalue weighted by atomic mass is 10.1. The Morgan fingerprint density at radius 2 is 2.12 bits per heavy atom. The van der Waals surface area contributed by atoms with Crippen LogP contribution in [0.1, 0.15) is 25.5 Å². The summed E-state index contributed by atoms with van der Waals surface area (Å²) in [6.07, 6.45) is 0.173. The Kier molecular flexibility index (Phi) is 3.80. The Labute approximate surface area is 96.8 Å². The van der Waals surface area contributed by atoms with E-state index in [0.717, 1.165) is 18.9 Å². The third-order valence-electron chi connectivity index (χ3n) is 2.76. The summed E-state index contributed by atoms with van der Waals surface area (Å²) in [5.41, 5.74) is 1.21. The van der Waals surface area contributed by atoms with Crippen molar-refractivity contribution in [2.45, 2.75) is 26.0 Å². The van der Waals surface area contributed by atoms with Gasteiger partial charge in [-0.2, -0.15) is 0 Å². The minimum atomic E-state index is 0.173. The molecule has 0 amide bonds. The van der Waals surface area contributed by atoms with Gasteiger partial charge in [0.1, 0.15) is 5.75 Å². The highest BCUT2D eigenvalue weighted by Gasteiger charge is 2.19. The van der Waals surface area contributed by atoms with Crippen LogP contribution in [0.3, 0.4) is 0 Å². The summed E-state index contributed by atoms with van der Waals surface area (Å²) in [4.78, 5) is 0. The summed E-state index contributed by atoms with van der Waals surface area (Å²) < 4.78 is 11.2. The van der Waals surface area contributed by atoms with Crippen LogP contribution < -0.4 is 10.1 Å². The number of benzene rings is 1. The fourth-order valence-corrected chi connectivity index (χ4v) is 1.85. The molecule has 0 saturated carbocycles. The lowest BCUT2D eigenvalue weighted by Crippen LogP contribution is -2.40. The molecule has 3 nitrogen and oxygen atoms in total. The molecule has 0 radical (unpaired) electrons. The van der Waals surface area contributed by atoms with Gasteiger partial charge in [-0.05, 0) is 31.5 Å². The minimum Gasteiger partial charge on any atom is -0.494 e. The fourth-order valence-electron chi connectivity index (χ4n) is 1.85. The van der Waals surface area contributed by atoms with E-state index in [4.69, 9.17) is 9.47 Å². The third-order valence-corrected chi connectivity index (χ3v) is 2.76. The first-order valence-corrected chi connectivity index (χ1v) is 5.87. The molecule has 1 aliphatic heterocycles. The van der Waals surface area contributed by atoms with Crippen LogP contribution in [0.25, 0.3) is 0 Å². The second kappa shape index (κ2) is 5.32. The molecule has 1 fully saturated rings. The van der Waals surface area contributed by atoms with E-state index in [1.807, 2.05) is 19.1 Å². The standard InChI is InChI=1S/C13H19NO2/c1-3-15-12-6-4-11(5-7-12)13-8-14-10(2)9-16-13/h4-7,10,13-14H,3,8-9H2,1-2H3. The van der Waals surface area contributed by atoms with Crippen molar-refractivity contribution < 1.29 is 9.47 Å².